The lowest BCUT2D eigenvalue weighted by molar-refractivity contribution is 0.306. The van der Waals surface area contributed by atoms with Crippen LogP contribution in [0.5, 0.6) is 11.5 Å². The first-order valence-electron chi connectivity index (χ1n) is 6.60. The van der Waals surface area contributed by atoms with E-state index in [1.165, 1.54) is 0 Å². The van der Waals surface area contributed by atoms with E-state index in [-0.39, 0.29) is 5.75 Å². The van der Waals surface area contributed by atoms with Crippen LogP contribution in [0.4, 0.5) is 0 Å². The number of phenolic OH excluding ortho intramolecular Hbond substituents is 1. The van der Waals surface area contributed by atoms with Crippen LogP contribution in [0.2, 0.25) is 0 Å². The van der Waals surface area contributed by atoms with Crippen molar-refractivity contribution in [3.05, 3.63) is 71.8 Å². The average Bonchev–Trinajstić information content (AvgIpc) is 2.53. The molecule has 0 atom stereocenters. The van der Waals surface area contributed by atoms with E-state index in [4.69, 9.17) is 4.74 Å². The molecule has 0 spiro atoms. The molecule has 0 heterocycles. The Kier molecular flexibility index (Phi) is 3.44. The Hall–Kier alpha value is -2.99. The van der Waals surface area contributed by atoms with Crippen LogP contribution in [-0.4, -0.2) is 5.11 Å². The lowest BCUT2D eigenvalue weighted by atomic mass is 10.0. The Balaban J connectivity index is 1.93. The molecule has 0 saturated heterocycles. The highest BCUT2D eigenvalue weighted by Gasteiger charge is 2.06. The van der Waals surface area contributed by atoms with E-state index in [1.54, 1.807) is 24.3 Å². The first kappa shape index (κ1) is 13.0. The minimum absolute atomic E-state index is 0.150. The highest BCUT2D eigenvalue weighted by molar-refractivity contribution is 5.90. The summed E-state index contributed by atoms with van der Waals surface area (Å²) in [4.78, 5) is 0. The SMILES string of the molecule is N#Cc1cc(OCc2ccccc2)cc2ccc(O)cc12. The molecule has 0 aromatic heterocycles. The fourth-order valence-electron chi connectivity index (χ4n) is 2.24. The largest absolute Gasteiger partial charge is 0.508 e. The summed E-state index contributed by atoms with van der Waals surface area (Å²) in [5, 5.41) is 20.4. The van der Waals surface area contributed by atoms with Crippen LogP contribution < -0.4 is 4.74 Å². The first-order chi connectivity index (χ1) is 10.3. The minimum atomic E-state index is 0.150. The van der Waals surface area contributed by atoms with E-state index < -0.39 is 0 Å². The van der Waals surface area contributed by atoms with Gasteiger partial charge in [-0.1, -0.05) is 36.4 Å². The molecule has 3 nitrogen and oxygen atoms in total. The third kappa shape index (κ3) is 2.80. The molecule has 0 aliphatic heterocycles. The first-order valence-corrected chi connectivity index (χ1v) is 6.60. The number of nitriles is 1. The summed E-state index contributed by atoms with van der Waals surface area (Å²) in [7, 11) is 0. The van der Waals surface area contributed by atoms with Gasteiger partial charge in [0.1, 0.15) is 18.1 Å². The number of aromatic hydroxyl groups is 1. The predicted octanol–water partition coefficient (Wildman–Crippen LogP) is 4.00. The van der Waals surface area contributed by atoms with Gasteiger partial charge in [-0.25, -0.2) is 0 Å². The molecule has 3 rings (SSSR count). The molecule has 0 saturated carbocycles. The third-order valence-corrected chi connectivity index (χ3v) is 3.28. The zero-order valence-corrected chi connectivity index (χ0v) is 11.3. The molecule has 21 heavy (non-hydrogen) atoms. The molecular formula is C18H13NO2. The monoisotopic (exact) mass is 275 g/mol. The fraction of sp³-hybridized carbons (Fsp3) is 0.0556. The van der Waals surface area contributed by atoms with Gasteiger partial charge in [0, 0.05) is 5.39 Å². The Morgan fingerprint density at radius 3 is 2.57 bits per heavy atom. The van der Waals surface area contributed by atoms with Gasteiger partial charge in [-0.3, -0.25) is 0 Å². The maximum absolute atomic E-state index is 9.53. The van der Waals surface area contributed by atoms with Gasteiger partial charge in [0.2, 0.25) is 0 Å². The highest BCUT2D eigenvalue weighted by Crippen LogP contribution is 2.28. The number of hydrogen-bond donors (Lipinski definition) is 1. The fourth-order valence-corrected chi connectivity index (χ4v) is 2.24. The summed E-state index contributed by atoms with van der Waals surface area (Å²) in [5.41, 5.74) is 1.56. The Morgan fingerprint density at radius 2 is 1.81 bits per heavy atom. The second-order valence-electron chi connectivity index (χ2n) is 4.76. The molecule has 3 aromatic carbocycles. The van der Waals surface area contributed by atoms with E-state index in [2.05, 4.69) is 6.07 Å². The van der Waals surface area contributed by atoms with Gasteiger partial charge in [-0.15, -0.1) is 0 Å². The summed E-state index contributed by atoms with van der Waals surface area (Å²) >= 11 is 0. The van der Waals surface area contributed by atoms with Crippen LogP contribution in [0.25, 0.3) is 10.8 Å². The van der Waals surface area contributed by atoms with Crippen LogP contribution in [0.1, 0.15) is 11.1 Å². The number of benzene rings is 3. The number of nitrogens with zero attached hydrogens (tertiary/aromatic N) is 1. The van der Waals surface area contributed by atoms with E-state index >= 15 is 0 Å². The van der Waals surface area contributed by atoms with E-state index in [1.807, 2.05) is 36.4 Å². The third-order valence-electron chi connectivity index (χ3n) is 3.28. The molecule has 3 aromatic rings. The number of fused-ring (bicyclic) bond motifs is 1. The van der Waals surface area contributed by atoms with Gasteiger partial charge >= 0.3 is 0 Å². The molecule has 0 bridgehead atoms. The summed E-state index contributed by atoms with van der Waals surface area (Å²) in [5.74, 6) is 0.797. The lowest BCUT2D eigenvalue weighted by Gasteiger charge is -2.09. The Bertz CT molecular complexity index is 820. The van der Waals surface area contributed by atoms with Gasteiger partial charge in [0.25, 0.3) is 0 Å². The quantitative estimate of drug-likeness (QED) is 0.786. The van der Waals surface area contributed by atoms with Gasteiger partial charge in [-0.2, -0.15) is 5.26 Å². The summed E-state index contributed by atoms with van der Waals surface area (Å²) in [6, 6.07) is 20.6. The minimum Gasteiger partial charge on any atom is -0.508 e. The Labute approximate surface area is 122 Å². The van der Waals surface area contributed by atoms with Gasteiger partial charge in [0.15, 0.2) is 0 Å². The summed E-state index contributed by atoms with van der Waals surface area (Å²) in [6.07, 6.45) is 0. The van der Waals surface area contributed by atoms with Gasteiger partial charge in [0.05, 0.1) is 11.6 Å². The molecular weight excluding hydrogens is 262 g/mol. The molecule has 0 fully saturated rings. The van der Waals surface area contributed by atoms with Crippen LogP contribution in [0, 0.1) is 11.3 Å². The van der Waals surface area contributed by atoms with Gasteiger partial charge in [-0.05, 0) is 35.2 Å². The summed E-state index contributed by atoms with van der Waals surface area (Å²) < 4.78 is 5.76. The molecule has 3 heteroatoms. The average molecular weight is 275 g/mol. The standard InChI is InChI=1S/C18H13NO2/c19-11-15-9-17(21-12-13-4-2-1-3-5-13)8-14-6-7-16(20)10-18(14)15/h1-10,20H,12H2. The maximum Gasteiger partial charge on any atom is 0.121 e. The second kappa shape index (κ2) is 5.56. The van der Waals surface area contributed by atoms with Crippen molar-refractivity contribution in [3.63, 3.8) is 0 Å². The highest BCUT2D eigenvalue weighted by atomic mass is 16.5. The maximum atomic E-state index is 9.53. The molecule has 0 unspecified atom stereocenters. The van der Waals surface area contributed by atoms with Crippen molar-refractivity contribution in [3.8, 4) is 17.6 Å². The predicted molar refractivity (Wildman–Crippen MR) is 81.1 cm³/mol. The van der Waals surface area contributed by atoms with Crippen molar-refractivity contribution < 1.29 is 9.84 Å². The van der Waals surface area contributed by atoms with Crippen molar-refractivity contribution in [1.82, 2.24) is 0 Å². The van der Waals surface area contributed by atoms with E-state index in [0.717, 1.165) is 16.3 Å². The molecule has 0 amide bonds. The zero-order valence-electron chi connectivity index (χ0n) is 11.3. The van der Waals surface area contributed by atoms with Crippen molar-refractivity contribution in [1.29, 1.82) is 5.26 Å². The van der Waals surface area contributed by atoms with E-state index in [0.29, 0.717) is 17.9 Å². The molecule has 1 N–H and O–H groups in total. The van der Waals surface area contributed by atoms with Gasteiger partial charge < -0.3 is 9.84 Å². The molecule has 0 aliphatic carbocycles. The number of rotatable bonds is 3. The van der Waals surface area contributed by atoms with Crippen LogP contribution in [0.15, 0.2) is 60.7 Å². The lowest BCUT2D eigenvalue weighted by Crippen LogP contribution is -1.95. The smallest absolute Gasteiger partial charge is 0.121 e. The zero-order chi connectivity index (χ0) is 14.7. The molecule has 102 valence electrons. The second-order valence-corrected chi connectivity index (χ2v) is 4.76. The van der Waals surface area contributed by atoms with Crippen LogP contribution in [-0.2, 0) is 6.61 Å². The molecule has 0 radical (unpaired) electrons. The van der Waals surface area contributed by atoms with E-state index in [9.17, 15) is 10.4 Å². The Morgan fingerprint density at radius 1 is 1.00 bits per heavy atom. The number of phenols is 1. The normalized spacial score (nSPS) is 10.2. The topological polar surface area (TPSA) is 53.2 Å². The van der Waals surface area contributed by atoms with Crippen molar-refractivity contribution >= 4 is 10.8 Å². The molecule has 0 aliphatic rings. The number of hydrogen-bond acceptors (Lipinski definition) is 3. The summed E-state index contributed by atoms with van der Waals surface area (Å²) in [6.45, 7) is 0.454. The van der Waals surface area contributed by atoms with Crippen molar-refractivity contribution in [2.75, 3.05) is 0 Å². The van der Waals surface area contributed by atoms with Crippen molar-refractivity contribution in [2.24, 2.45) is 0 Å². The van der Waals surface area contributed by atoms with Crippen molar-refractivity contribution in [2.45, 2.75) is 6.61 Å². The van der Waals surface area contributed by atoms with Crippen LogP contribution >= 0.6 is 0 Å². The number of ether oxygens (including phenoxy) is 1. The van der Waals surface area contributed by atoms with Crippen LogP contribution in [0.3, 0.4) is 0 Å².